The van der Waals surface area contributed by atoms with E-state index >= 15 is 0 Å². The molecule has 1 N–H and O–H groups in total. The number of nitrogens with one attached hydrogen (secondary N) is 1. The smallest absolute Gasteiger partial charge is 0.0727 e. The highest BCUT2D eigenvalue weighted by Crippen LogP contribution is 2.35. The molecule has 0 saturated carbocycles. The minimum Gasteiger partial charge on any atom is -0.381 e. The standard InChI is InChI=1S/C27H27N3/c1-20-16-27(30-15-14-23(19-30)22-10-6-3-7-11-22)25-17-24(12-13-26(25)29-20)28-18-21-8-4-2-5-9-21/h2-13,16-17,23,28H,14-15,18-19H2,1H3/t23-/m1/s1. The maximum absolute atomic E-state index is 4.79. The zero-order valence-electron chi connectivity index (χ0n) is 17.4. The van der Waals surface area contributed by atoms with E-state index in [9.17, 15) is 0 Å². The van der Waals surface area contributed by atoms with Crippen molar-refractivity contribution in [3.8, 4) is 0 Å². The summed E-state index contributed by atoms with van der Waals surface area (Å²) in [6, 6.07) is 30.2. The summed E-state index contributed by atoms with van der Waals surface area (Å²) >= 11 is 0. The van der Waals surface area contributed by atoms with Crippen LogP contribution in [0, 0.1) is 6.92 Å². The average molecular weight is 394 g/mol. The lowest BCUT2D eigenvalue weighted by molar-refractivity contribution is 0.775. The number of hydrogen-bond acceptors (Lipinski definition) is 3. The van der Waals surface area contributed by atoms with Gasteiger partial charge in [-0.25, -0.2) is 0 Å². The Morgan fingerprint density at radius 1 is 0.933 bits per heavy atom. The van der Waals surface area contributed by atoms with E-state index in [1.165, 1.54) is 28.6 Å². The van der Waals surface area contributed by atoms with Gasteiger partial charge in [-0.05, 0) is 48.7 Å². The highest BCUT2D eigenvalue weighted by molar-refractivity contribution is 5.94. The fourth-order valence-electron chi connectivity index (χ4n) is 4.48. The molecule has 1 aliphatic rings. The third-order valence-electron chi connectivity index (χ3n) is 6.05. The van der Waals surface area contributed by atoms with E-state index in [-0.39, 0.29) is 0 Å². The molecular weight excluding hydrogens is 366 g/mol. The van der Waals surface area contributed by atoms with E-state index in [2.05, 4.69) is 102 Å². The van der Waals surface area contributed by atoms with Gasteiger partial charge in [0.2, 0.25) is 0 Å². The summed E-state index contributed by atoms with van der Waals surface area (Å²) in [5.74, 6) is 0.592. The van der Waals surface area contributed by atoms with Gasteiger partial charge in [-0.3, -0.25) is 4.98 Å². The molecule has 4 aromatic rings. The van der Waals surface area contributed by atoms with Gasteiger partial charge in [0.15, 0.2) is 0 Å². The van der Waals surface area contributed by atoms with Crippen LogP contribution in [0.3, 0.4) is 0 Å². The SMILES string of the molecule is Cc1cc(N2CC[C@@H](c3ccccc3)C2)c2cc(NCc3ccccc3)ccc2n1. The highest BCUT2D eigenvalue weighted by atomic mass is 15.2. The van der Waals surface area contributed by atoms with Gasteiger partial charge in [-0.1, -0.05) is 60.7 Å². The van der Waals surface area contributed by atoms with Crippen molar-refractivity contribution in [2.75, 3.05) is 23.3 Å². The maximum Gasteiger partial charge on any atom is 0.0727 e. The Morgan fingerprint density at radius 2 is 1.70 bits per heavy atom. The second kappa shape index (κ2) is 8.19. The second-order valence-corrected chi connectivity index (χ2v) is 8.20. The summed E-state index contributed by atoms with van der Waals surface area (Å²) in [5.41, 5.74) is 7.31. The molecule has 1 saturated heterocycles. The number of fused-ring (bicyclic) bond motifs is 1. The molecule has 0 unspecified atom stereocenters. The molecule has 0 bridgehead atoms. The van der Waals surface area contributed by atoms with Crippen molar-refractivity contribution in [1.82, 2.24) is 4.98 Å². The molecule has 0 aliphatic carbocycles. The molecule has 1 fully saturated rings. The van der Waals surface area contributed by atoms with Crippen molar-refractivity contribution < 1.29 is 0 Å². The predicted molar refractivity (Wildman–Crippen MR) is 126 cm³/mol. The van der Waals surface area contributed by atoms with E-state index in [0.717, 1.165) is 36.5 Å². The van der Waals surface area contributed by atoms with Crippen molar-refractivity contribution in [2.45, 2.75) is 25.8 Å². The topological polar surface area (TPSA) is 28.2 Å². The molecule has 0 amide bonds. The van der Waals surface area contributed by atoms with Crippen LogP contribution in [0.5, 0.6) is 0 Å². The van der Waals surface area contributed by atoms with E-state index in [1.807, 2.05) is 0 Å². The summed E-state index contributed by atoms with van der Waals surface area (Å²) in [7, 11) is 0. The molecule has 3 nitrogen and oxygen atoms in total. The third-order valence-corrected chi connectivity index (χ3v) is 6.05. The third kappa shape index (κ3) is 3.88. The van der Waals surface area contributed by atoms with Gasteiger partial charge in [0.25, 0.3) is 0 Å². The number of nitrogens with zero attached hydrogens (tertiary/aromatic N) is 2. The number of pyridine rings is 1. The lowest BCUT2D eigenvalue weighted by Gasteiger charge is -2.22. The van der Waals surface area contributed by atoms with Crippen LogP contribution < -0.4 is 10.2 Å². The van der Waals surface area contributed by atoms with Crippen LogP contribution in [0.1, 0.15) is 29.2 Å². The van der Waals surface area contributed by atoms with Gasteiger partial charge in [-0.2, -0.15) is 0 Å². The first-order valence-corrected chi connectivity index (χ1v) is 10.8. The molecule has 3 heteroatoms. The fourth-order valence-corrected chi connectivity index (χ4v) is 4.48. The summed E-state index contributed by atoms with van der Waals surface area (Å²) in [6.07, 6.45) is 1.19. The van der Waals surface area contributed by atoms with Crippen LogP contribution in [0.4, 0.5) is 11.4 Å². The molecule has 0 spiro atoms. The summed E-state index contributed by atoms with van der Waals surface area (Å²) in [6.45, 7) is 5.06. The zero-order chi connectivity index (χ0) is 20.3. The van der Waals surface area contributed by atoms with E-state index in [0.29, 0.717) is 5.92 Å². The minimum atomic E-state index is 0.592. The van der Waals surface area contributed by atoms with Crippen LogP contribution in [-0.2, 0) is 6.54 Å². The van der Waals surface area contributed by atoms with Crippen molar-refractivity contribution >= 4 is 22.3 Å². The molecule has 1 atom stereocenters. The van der Waals surface area contributed by atoms with Gasteiger partial charge in [0.05, 0.1) is 5.52 Å². The number of anilines is 2. The Balaban J connectivity index is 1.42. The number of benzene rings is 3. The predicted octanol–water partition coefficient (Wildman–Crippen LogP) is 6.15. The molecule has 1 aliphatic heterocycles. The Kier molecular flexibility index (Phi) is 5.10. The molecular formula is C27H27N3. The number of hydrogen-bond donors (Lipinski definition) is 1. The van der Waals surface area contributed by atoms with Gasteiger partial charge in [0.1, 0.15) is 0 Å². The molecule has 1 aromatic heterocycles. The quantitative estimate of drug-likeness (QED) is 0.441. The first-order chi connectivity index (χ1) is 14.8. The fraction of sp³-hybridized carbons (Fsp3) is 0.222. The number of aromatic nitrogens is 1. The maximum atomic E-state index is 4.79. The van der Waals surface area contributed by atoms with Crippen molar-refractivity contribution in [2.24, 2.45) is 0 Å². The lowest BCUT2D eigenvalue weighted by atomic mass is 9.99. The molecule has 0 radical (unpaired) electrons. The highest BCUT2D eigenvalue weighted by Gasteiger charge is 2.25. The van der Waals surface area contributed by atoms with Gasteiger partial charge in [-0.15, -0.1) is 0 Å². The molecule has 5 rings (SSSR count). The van der Waals surface area contributed by atoms with Crippen LogP contribution in [0.2, 0.25) is 0 Å². The van der Waals surface area contributed by atoms with Gasteiger partial charge < -0.3 is 10.2 Å². The number of aryl methyl sites for hydroxylation is 1. The van der Waals surface area contributed by atoms with Gasteiger partial charge >= 0.3 is 0 Å². The molecule has 30 heavy (non-hydrogen) atoms. The van der Waals surface area contributed by atoms with Crippen molar-refractivity contribution in [3.63, 3.8) is 0 Å². The Morgan fingerprint density at radius 3 is 2.50 bits per heavy atom. The Bertz CT molecular complexity index is 1140. The molecule has 3 aromatic carbocycles. The van der Waals surface area contributed by atoms with Crippen molar-refractivity contribution in [3.05, 3.63) is 102 Å². The summed E-state index contributed by atoms with van der Waals surface area (Å²) < 4.78 is 0. The lowest BCUT2D eigenvalue weighted by Crippen LogP contribution is -2.20. The minimum absolute atomic E-state index is 0.592. The average Bonchev–Trinajstić information content (AvgIpc) is 3.29. The van der Waals surface area contributed by atoms with E-state index in [4.69, 9.17) is 4.98 Å². The zero-order valence-corrected chi connectivity index (χ0v) is 17.4. The first-order valence-electron chi connectivity index (χ1n) is 10.8. The largest absolute Gasteiger partial charge is 0.381 e. The van der Waals surface area contributed by atoms with E-state index < -0.39 is 0 Å². The normalized spacial score (nSPS) is 16.2. The van der Waals surface area contributed by atoms with Crippen molar-refractivity contribution in [1.29, 1.82) is 0 Å². The monoisotopic (exact) mass is 393 g/mol. The van der Waals surface area contributed by atoms with Crippen LogP contribution in [0.15, 0.2) is 84.9 Å². The van der Waals surface area contributed by atoms with Crippen LogP contribution in [-0.4, -0.2) is 18.1 Å². The molecule has 150 valence electrons. The summed E-state index contributed by atoms with van der Waals surface area (Å²) in [5, 5.41) is 4.80. The van der Waals surface area contributed by atoms with Gasteiger partial charge in [0, 0.05) is 48.0 Å². The van der Waals surface area contributed by atoms with E-state index in [1.54, 1.807) is 0 Å². The number of rotatable bonds is 5. The Hall–Kier alpha value is -3.33. The van der Waals surface area contributed by atoms with Crippen LogP contribution >= 0.6 is 0 Å². The first kappa shape index (κ1) is 18.7. The Labute approximate surface area is 178 Å². The second-order valence-electron chi connectivity index (χ2n) is 8.20. The molecule has 2 heterocycles. The van der Waals surface area contributed by atoms with Crippen LogP contribution in [0.25, 0.3) is 10.9 Å². The summed E-state index contributed by atoms with van der Waals surface area (Å²) in [4.78, 5) is 7.33.